The van der Waals surface area contributed by atoms with E-state index >= 15 is 4.39 Å². The lowest BCUT2D eigenvalue weighted by molar-refractivity contribution is -0.133. The van der Waals surface area contributed by atoms with E-state index in [1.165, 1.54) is 29.4 Å². The number of likely N-dealkylation sites (N-methyl/N-ethyl adjacent to an activating group) is 1. The summed E-state index contributed by atoms with van der Waals surface area (Å²) in [6, 6.07) is 14.5. The van der Waals surface area contributed by atoms with Gasteiger partial charge in [0, 0.05) is 50.3 Å². The van der Waals surface area contributed by atoms with Gasteiger partial charge >= 0.3 is 0 Å². The second-order valence-corrected chi connectivity index (χ2v) is 12.2. The van der Waals surface area contributed by atoms with Gasteiger partial charge in [-0.2, -0.15) is 0 Å². The van der Waals surface area contributed by atoms with Crippen molar-refractivity contribution in [3.63, 3.8) is 0 Å². The third-order valence-electron chi connectivity index (χ3n) is 7.45. The number of hydrogen-bond donors (Lipinski definition) is 1. The van der Waals surface area contributed by atoms with Gasteiger partial charge in [0.2, 0.25) is 5.91 Å². The molecule has 9 nitrogen and oxygen atoms in total. The molecule has 3 aromatic carbocycles. The molecule has 2 aliphatic heterocycles. The van der Waals surface area contributed by atoms with Gasteiger partial charge in [-0.05, 0) is 35.4 Å². The molecule has 1 fully saturated rings. The molecule has 228 valence electrons. The highest BCUT2D eigenvalue weighted by Gasteiger charge is 2.32. The normalized spacial score (nSPS) is 16.7. The Morgan fingerprint density at radius 2 is 1.86 bits per heavy atom. The van der Waals surface area contributed by atoms with E-state index in [9.17, 15) is 13.8 Å². The minimum Gasteiger partial charge on any atom is -0.482 e. The van der Waals surface area contributed by atoms with Crippen LogP contribution >= 0.6 is 23.2 Å². The SMILES string of the molecule is CN(C(=O)CN1C(=O)COc2cc(Cl)c(Cl)cc21)C(CN1CCOCC1)c1ccc(-c2cccc(NS(C)=O)c2)c(F)c1. The van der Waals surface area contributed by atoms with Gasteiger partial charge in [-0.1, -0.05) is 47.5 Å². The molecule has 1 saturated heterocycles. The fourth-order valence-corrected chi connectivity index (χ4v) is 5.93. The Bertz CT molecular complexity index is 1550. The fourth-order valence-electron chi connectivity index (χ4n) is 5.16. The number of benzene rings is 3. The summed E-state index contributed by atoms with van der Waals surface area (Å²) in [6.07, 6.45) is 1.52. The lowest BCUT2D eigenvalue weighted by Crippen LogP contribution is -2.48. The van der Waals surface area contributed by atoms with Crippen molar-refractivity contribution in [1.82, 2.24) is 9.80 Å². The number of halogens is 3. The molecule has 0 radical (unpaired) electrons. The summed E-state index contributed by atoms with van der Waals surface area (Å²) in [4.78, 5) is 31.6. The molecule has 13 heteroatoms. The highest BCUT2D eigenvalue weighted by Crippen LogP contribution is 2.39. The summed E-state index contributed by atoms with van der Waals surface area (Å²) in [5.41, 5.74) is 2.57. The maximum atomic E-state index is 15.7. The molecule has 2 atom stereocenters. The van der Waals surface area contributed by atoms with E-state index in [4.69, 9.17) is 32.7 Å². The number of nitrogens with one attached hydrogen (secondary N) is 1. The number of rotatable bonds is 9. The van der Waals surface area contributed by atoms with Crippen LogP contribution in [0.25, 0.3) is 11.1 Å². The standard InChI is InChI=1S/C30H31Cl2FN4O5S/c1-35(29(38)17-37-26-14-23(31)24(32)15-28(26)42-18-30(37)39)27(16-36-8-10-41-11-9-36)20-6-7-22(25(33)13-20)19-4-3-5-21(12-19)34-43(2)40/h3-7,12-15,27,34H,8-11,16-18H2,1-2H3. The first-order valence-electron chi connectivity index (χ1n) is 13.6. The number of nitrogens with zero attached hydrogens (tertiary/aromatic N) is 3. The number of morpholine rings is 1. The number of amides is 2. The van der Waals surface area contributed by atoms with Crippen molar-refractivity contribution in [1.29, 1.82) is 0 Å². The van der Waals surface area contributed by atoms with Gasteiger partial charge in [0.25, 0.3) is 5.91 Å². The molecule has 0 aromatic heterocycles. The zero-order valence-electron chi connectivity index (χ0n) is 23.6. The summed E-state index contributed by atoms with van der Waals surface area (Å²) in [5.74, 6) is -0.835. The summed E-state index contributed by atoms with van der Waals surface area (Å²) < 4.78 is 41.1. The van der Waals surface area contributed by atoms with Crippen LogP contribution in [0.1, 0.15) is 11.6 Å². The number of fused-ring (bicyclic) bond motifs is 1. The second kappa shape index (κ2) is 13.6. The average molecular weight is 650 g/mol. The molecule has 0 aliphatic carbocycles. The van der Waals surface area contributed by atoms with Crippen LogP contribution in [-0.2, 0) is 25.3 Å². The van der Waals surface area contributed by atoms with E-state index < -0.39 is 28.8 Å². The van der Waals surface area contributed by atoms with Crippen LogP contribution in [0.2, 0.25) is 10.0 Å². The molecule has 2 unspecified atom stereocenters. The first-order chi connectivity index (χ1) is 20.6. The Kier molecular flexibility index (Phi) is 9.88. The molecule has 0 bridgehead atoms. The Morgan fingerprint density at radius 1 is 1.12 bits per heavy atom. The lowest BCUT2D eigenvalue weighted by atomic mass is 9.98. The Labute approximate surface area is 262 Å². The Hall–Kier alpha value is -3.22. The molecule has 0 spiro atoms. The minimum absolute atomic E-state index is 0.231. The van der Waals surface area contributed by atoms with Gasteiger partial charge in [-0.15, -0.1) is 0 Å². The average Bonchev–Trinajstić information content (AvgIpc) is 2.98. The molecule has 2 aliphatic rings. The lowest BCUT2D eigenvalue weighted by Gasteiger charge is -2.37. The number of hydrogen-bond acceptors (Lipinski definition) is 6. The summed E-state index contributed by atoms with van der Waals surface area (Å²) in [6.45, 7) is 2.42. The summed E-state index contributed by atoms with van der Waals surface area (Å²) in [7, 11) is 0.384. The van der Waals surface area contributed by atoms with E-state index in [0.717, 1.165) is 0 Å². The van der Waals surface area contributed by atoms with Crippen molar-refractivity contribution in [3.8, 4) is 16.9 Å². The molecule has 5 rings (SSSR count). The third-order valence-corrected chi connectivity index (χ3v) is 8.69. The van der Waals surface area contributed by atoms with Crippen LogP contribution < -0.4 is 14.4 Å². The molecule has 2 amide bonds. The zero-order valence-corrected chi connectivity index (χ0v) is 26.0. The van der Waals surface area contributed by atoms with E-state index in [2.05, 4.69) is 9.62 Å². The van der Waals surface area contributed by atoms with Gasteiger partial charge in [-0.3, -0.25) is 19.4 Å². The number of carbonyl (C=O) groups is 2. The smallest absolute Gasteiger partial charge is 0.265 e. The van der Waals surface area contributed by atoms with Crippen LogP contribution in [0, 0.1) is 5.82 Å². The highest BCUT2D eigenvalue weighted by molar-refractivity contribution is 7.85. The number of ether oxygens (including phenoxy) is 2. The van der Waals surface area contributed by atoms with Crippen LogP contribution in [0.15, 0.2) is 54.6 Å². The largest absolute Gasteiger partial charge is 0.482 e. The van der Waals surface area contributed by atoms with Crippen molar-refractivity contribution in [2.75, 3.05) is 68.9 Å². The predicted octanol–water partition coefficient (Wildman–Crippen LogP) is 4.76. The Morgan fingerprint density at radius 3 is 2.58 bits per heavy atom. The van der Waals surface area contributed by atoms with Gasteiger partial charge in [0.05, 0.1) is 35.0 Å². The monoisotopic (exact) mass is 648 g/mol. The Balaban J connectivity index is 1.42. The van der Waals surface area contributed by atoms with Crippen LogP contribution in [0.5, 0.6) is 5.75 Å². The number of carbonyl (C=O) groups excluding carboxylic acids is 2. The predicted molar refractivity (Wildman–Crippen MR) is 167 cm³/mol. The highest BCUT2D eigenvalue weighted by atomic mass is 35.5. The topological polar surface area (TPSA) is 91.4 Å². The van der Waals surface area contributed by atoms with Crippen molar-refractivity contribution in [2.45, 2.75) is 6.04 Å². The maximum Gasteiger partial charge on any atom is 0.265 e. The fraction of sp³-hybridized carbons (Fsp3) is 0.333. The number of anilines is 2. The van der Waals surface area contributed by atoms with E-state index in [1.54, 1.807) is 42.3 Å². The second-order valence-electron chi connectivity index (χ2n) is 10.3. The van der Waals surface area contributed by atoms with Crippen molar-refractivity contribution in [3.05, 3.63) is 76.0 Å². The van der Waals surface area contributed by atoms with Crippen molar-refractivity contribution >= 4 is 57.4 Å². The van der Waals surface area contributed by atoms with Crippen molar-refractivity contribution < 1.29 is 27.7 Å². The van der Waals surface area contributed by atoms with Crippen LogP contribution in [-0.4, -0.2) is 85.1 Å². The van der Waals surface area contributed by atoms with E-state index in [1.807, 2.05) is 6.07 Å². The van der Waals surface area contributed by atoms with Gasteiger partial charge < -0.3 is 19.1 Å². The van der Waals surface area contributed by atoms with Crippen LogP contribution in [0.3, 0.4) is 0 Å². The summed E-state index contributed by atoms with van der Waals surface area (Å²) in [5, 5.41) is 0.507. The van der Waals surface area contributed by atoms with Crippen molar-refractivity contribution in [2.24, 2.45) is 0 Å². The summed E-state index contributed by atoms with van der Waals surface area (Å²) >= 11 is 12.3. The van der Waals surface area contributed by atoms with E-state index in [-0.39, 0.29) is 29.1 Å². The third kappa shape index (κ3) is 7.30. The first-order valence-corrected chi connectivity index (χ1v) is 15.9. The zero-order chi connectivity index (χ0) is 30.7. The molecule has 43 heavy (non-hydrogen) atoms. The maximum absolute atomic E-state index is 15.7. The van der Waals surface area contributed by atoms with Gasteiger partial charge in [0.15, 0.2) is 6.61 Å². The molecule has 0 saturated carbocycles. The molecule has 3 aromatic rings. The van der Waals surface area contributed by atoms with Gasteiger partial charge in [0.1, 0.15) is 29.1 Å². The minimum atomic E-state index is -1.27. The molecular formula is C30H31Cl2FN4O5S. The quantitative estimate of drug-likeness (QED) is 0.360. The molecular weight excluding hydrogens is 618 g/mol. The molecule has 2 heterocycles. The first kappa shape index (κ1) is 31.2. The van der Waals surface area contributed by atoms with Gasteiger partial charge in [-0.25, -0.2) is 8.60 Å². The molecule has 1 N–H and O–H groups in total. The van der Waals surface area contributed by atoms with Crippen LogP contribution in [0.4, 0.5) is 15.8 Å². The van der Waals surface area contributed by atoms with E-state index in [0.29, 0.717) is 66.7 Å².